The highest BCUT2D eigenvalue weighted by Gasteiger charge is 1.86. The lowest BCUT2D eigenvalue weighted by Crippen LogP contribution is -1.83. The van der Waals surface area contributed by atoms with Crippen LogP contribution in [0.1, 0.15) is 25.7 Å². The maximum atomic E-state index is 8.40. The summed E-state index contributed by atoms with van der Waals surface area (Å²) < 4.78 is 0. The Kier molecular flexibility index (Phi) is 9.30. The first kappa shape index (κ1) is 9.66. The number of aliphatic hydroxyl groups is 1. The van der Waals surface area contributed by atoms with E-state index in [-0.39, 0.29) is 0 Å². The fraction of sp³-hybridized carbons (Fsp3) is 1.00. The van der Waals surface area contributed by atoms with Crippen molar-refractivity contribution < 1.29 is 5.11 Å². The summed E-state index contributed by atoms with van der Waals surface area (Å²) in [5.74, 6) is 1.13. The van der Waals surface area contributed by atoms with Gasteiger partial charge in [0.1, 0.15) is 0 Å². The number of thiol groups is 1. The van der Waals surface area contributed by atoms with Crippen LogP contribution in [0.4, 0.5) is 0 Å². The van der Waals surface area contributed by atoms with Crippen molar-refractivity contribution >= 4 is 22.5 Å². The zero-order valence-corrected chi connectivity index (χ0v) is 7.26. The van der Waals surface area contributed by atoms with Gasteiger partial charge in [0.25, 0.3) is 0 Å². The summed E-state index contributed by atoms with van der Waals surface area (Å²) in [6.45, 7) is 0.341. The van der Waals surface area contributed by atoms with E-state index in [4.69, 9.17) is 5.11 Å². The molecule has 0 unspecified atom stereocenters. The van der Waals surface area contributed by atoms with Crippen LogP contribution >= 0.6 is 22.5 Å². The smallest absolute Gasteiger partial charge is 0.0431 e. The Labute approximate surface area is 66.0 Å². The maximum Gasteiger partial charge on any atom is 0.0431 e. The number of hydrogen-bond donors (Lipinski definition) is 2. The fourth-order valence-electron chi connectivity index (χ4n) is 0.632. The van der Waals surface area contributed by atoms with Crippen LogP contribution in [0.3, 0.4) is 0 Å². The molecule has 0 fully saturated rings. The van der Waals surface area contributed by atoms with Crippen LogP contribution in [0.25, 0.3) is 0 Å². The monoisotopic (exact) mass is 166 g/mol. The van der Waals surface area contributed by atoms with Gasteiger partial charge in [-0.2, -0.15) is 0 Å². The summed E-state index contributed by atoms with van der Waals surface area (Å²) in [4.78, 5) is 0. The lowest BCUT2D eigenvalue weighted by Gasteiger charge is -1.95. The third-order valence-corrected chi connectivity index (χ3v) is 2.16. The Morgan fingerprint density at radius 2 is 1.78 bits per heavy atom. The standard InChI is InChI=1S/C6H14OS2/c7-5-3-1-2-4-6-9-8/h7-8H,1-6H2. The van der Waals surface area contributed by atoms with Crippen LogP contribution in [-0.2, 0) is 0 Å². The third kappa shape index (κ3) is 8.66. The van der Waals surface area contributed by atoms with E-state index >= 15 is 0 Å². The molecule has 0 saturated heterocycles. The average Bonchev–Trinajstić information content (AvgIpc) is 1.89. The van der Waals surface area contributed by atoms with Crippen molar-refractivity contribution in [3.05, 3.63) is 0 Å². The maximum absolute atomic E-state index is 8.40. The summed E-state index contributed by atoms with van der Waals surface area (Å²) in [5, 5.41) is 8.40. The molecule has 0 aromatic carbocycles. The Balaban J connectivity index is 2.60. The fourth-order valence-corrected chi connectivity index (χ4v) is 1.35. The summed E-state index contributed by atoms with van der Waals surface area (Å²) in [6, 6.07) is 0. The van der Waals surface area contributed by atoms with Crippen molar-refractivity contribution in [1.29, 1.82) is 0 Å². The minimum Gasteiger partial charge on any atom is -0.396 e. The summed E-state index contributed by atoms with van der Waals surface area (Å²) in [7, 11) is 1.59. The SMILES string of the molecule is OCCCCCCSS. The van der Waals surface area contributed by atoms with E-state index in [1.165, 1.54) is 12.8 Å². The second-order valence-electron chi connectivity index (χ2n) is 1.97. The van der Waals surface area contributed by atoms with Gasteiger partial charge in [0.05, 0.1) is 0 Å². The number of aliphatic hydroxyl groups excluding tert-OH is 1. The van der Waals surface area contributed by atoms with Crippen molar-refractivity contribution in [2.24, 2.45) is 0 Å². The molecule has 0 radical (unpaired) electrons. The van der Waals surface area contributed by atoms with E-state index in [1.54, 1.807) is 10.8 Å². The second kappa shape index (κ2) is 8.66. The van der Waals surface area contributed by atoms with Crippen molar-refractivity contribution in [1.82, 2.24) is 0 Å². The molecule has 3 heteroatoms. The molecule has 1 N–H and O–H groups in total. The Bertz CT molecular complexity index is 44.3. The first-order valence-corrected chi connectivity index (χ1v) is 5.33. The van der Waals surface area contributed by atoms with Gasteiger partial charge >= 0.3 is 0 Å². The number of unbranched alkanes of at least 4 members (excludes halogenated alkanes) is 3. The first-order chi connectivity index (χ1) is 4.41. The van der Waals surface area contributed by atoms with Crippen LogP contribution < -0.4 is 0 Å². The molecule has 0 atom stereocenters. The molecule has 0 aromatic heterocycles. The van der Waals surface area contributed by atoms with Crippen molar-refractivity contribution in [2.75, 3.05) is 12.4 Å². The second-order valence-corrected chi connectivity index (χ2v) is 3.41. The molecule has 9 heavy (non-hydrogen) atoms. The van der Waals surface area contributed by atoms with Crippen LogP contribution in [0, 0.1) is 0 Å². The van der Waals surface area contributed by atoms with Crippen molar-refractivity contribution in [3.8, 4) is 0 Å². The van der Waals surface area contributed by atoms with Gasteiger partial charge in [0.2, 0.25) is 0 Å². The van der Waals surface area contributed by atoms with Crippen LogP contribution in [0.2, 0.25) is 0 Å². The highest BCUT2D eigenvalue weighted by molar-refractivity contribution is 8.68. The van der Waals surface area contributed by atoms with Crippen LogP contribution in [-0.4, -0.2) is 17.5 Å². The molecule has 1 nitrogen and oxygen atoms in total. The molecule has 0 heterocycles. The van der Waals surface area contributed by atoms with Gasteiger partial charge in [-0.3, -0.25) is 0 Å². The Morgan fingerprint density at radius 3 is 2.33 bits per heavy atom. The highest BCUT2D eigenvalue weighted by Crippen LogP contribution is 2.09. The van der Waals surface area contributed by atoms with Crippen LogP contribution in [0.5, 0.6) is 0 Å². The number of rotatable bonds is 6. The predicted octanol–water partition coefficient (Wildman–Crippen LogP) is 2.12. The van der Waals surface area contributed by atoms with Gasteiger partial charge in [0.15, 0.2) is 0 Å². The largest absolute Gasteiger partial charge is 0.396 e. The molecular formula is C6H14OS2. The minimum absolute atomic E-state index is 0.341. The summed E-state index contributed by atoms with van der Waals surface area (Å²) in [6.07, 6.45) is 4.57. The average molecular weight is 166 g/mol. The molecule has 56 valence electrons. The van der Waals surface area contributed by atoms with Gasteiger partial charge in [0, 0.05) is 12.4 Å². The highest BCUT2D eigenvalue weighted by atomic mass is 33.1. The predicted molar refractivity (Wildman–Crippen MR) is 47.0 cm³/mol. The molecule has 0 amide bonds. The molecule has 0 aliphatic carbocycles. The zero-order valence-electron chi connectivity index (χ0n) is 5.55. The van der Waals surface area contributed by atoms with Crippen LogP contribution in [0.15, 0.2) is 0 Å². The molecule has 0 saturated carbocycles. The molecule has 0 spiro atoms. The summed E-state index contributed by atoms with van der Waals surface area (Å²) in [5.41, 5.74) is 0. The van der Waals surface area contributed by atoms with E-state index in [9.17, 15) is 0 Å². The van der Waals surface area contributed by atoms with Gasteiger partial charge in [-0.05, 0) is 12.8 Å². The van der Waals surface area contributed by atoms with Gasteiger partial charge in [-0.15, -0.1) is 11.7 Å². The Hall–Kier alpha value is 0.660. The molecule has 0 aliphatic rings. The van der Waals surface area contributed by atoms with E-state index in [0.717, 1.165) is 18.6 Å². The van der Waals surface area contributed by atoms with Crippen molar-refractivity contribution in [3.63, 3.8) is 0 Å². The van der Waals surface area contributed by atoms with E-state index in [1.807, 2.05) is 0 Å². The minimum atomic E-state index is 0.341. The third-order valence-electron chi connectivity index (χ3n) is 1.14. The van der Waals surface area contributed by atoms with Gasteiger partial charge < -0.3 is 5.11 Å². The molecule has 0 aliphatic heterocycles. The van der Waals surface area contributed by atoms with E-state index in [0.29, 0.717) is 6.61 Å². The normalized spacial score (nSPS) is 10.0. The Morgan fingerprint density at radius 1 is 1.11 bits per heavy atom. The summed E-state index contributed by atoms with van der Waals surface area (Å²) >= 11 is 4.01. The quantitative estimate of drug-likeness (QED) is 0.358. The van der Waals surface area contributed by atoms with Gasteiger partial charge in [-0.25, -0.2) is 0 Å². The molecule has 0 bridgehead atoms. The lowest BCUT2D eigenvalue weighted by atomic mass is 10.2. The molecular weight excluding hydrogens is 152 g/mol. The van der Waals surface area contributed by atoms with E-state index in [2.05, 4.69) is 11.7 Å². The zero-order chi connectivity index (χ0) is 6.95. The van der Waals surface area contributed by atoms with Crippen molar-refractivity contribution in [2.45, 2.75) is 25.7 Å². The molecule has 0 rings (SSSR count). The number of hydrogen-bond acceptors (Lipinski definition) is 3. The topological polar surface area (TPSA) is 20.2 Å². The van der Waals surface area contributed by atoms with E-state index < -0.39 is 0 Å². The van der Waals surface area contributed by atoms with Gasteiger partial charge in [-0.1, -0.05) is 23.6 Å². The first-order valence-electron chi connectivity index (χ1n) is 3.29. The lowest BCUT2D eigenvalue weighted by molar-refractivity contribution is 0.283. The molecule has 0 aromatic rings.